The highest BCUT2D eigenvalue weighted by Gasteiger charge is 2.21. The third-order valence-corrected chi connectivity index (χ3v) is 2.98. The minimum Gasteiger partial charge on any atom is -0.387 e. The maximum absolute atomic E-state index is 9.56. The molecule has 0 fully saturated rings. The third-order valence-electron chi connectivity index (χ3n) is 1.91. The zero-order valence-electron chi connectivity index (χ0n) is 6.32. The number of aromatic nitrogens is 2. The molecule has 1 aromatic rings. The lowest BCUT2D eigenvalue weighted by Gasteiger charge is -2.17. The zero-order valence-corrected chi connectivity index (χ0v) is 7.14. The molecule has 0 radical (unpaired) electrons. The van der Waals surface area contributed by atoms with Crippen molar-refractivity contribution < 1.29 is 5.11 Å². The minimum atomic E-state index is -0.307. The molecule has 3 nitrogen and oxygen atoms in total. The molecule has 1 aliphatic heterocycles. The number of hydrogen-bond donors (Lipinski definition) is 1. The molecular formula is C7H10N2OS. The Labute approximate surface area is 69.4 Å². The fourth-order valence-electron chi connectivity index (χ4n) is 1.34. The van der Waals surface area contributed by atoms with Gasteiger partial charge < -0.3 is 5.11 Å². The van der Waals surface area contributed by atoms with Crippen LogP contribution < -0.4 is 0 Å². The van der Waals surface area contributed by atoms with E-state index >= 15 is 0 Å². The number of aliphatic hydroxyl groups excluding tert-OH is 1. The summed E-state index contributed by atoms with van der Waals surface area (Å²) in [5, 5.41) is 13.6. The van der Waals surface area contributed by atoms with Gasteiger partial charge in [-0.15, -0.1) is 11.8 Å². The number of rotatable bonds is 0. The van der Waals surface area contributed by atoms with Crippen molar-refractivity contribution in [3.8, 4) is 0 Å². The monoisotopic (exact) mass is 170 g/mol. The van der Waals surface area contributed by atoms with Gasteiger partial charge in [-0.25, -0.2) is 0 Å². The number of aryl methyl sites for hydroxylation is 1. The molecule has 2 heterocycles. The van der Waals surface area contributed by atoms with Crippen molar-refractivity contribution >= 4 is 11.8 Å². The molecule has 11 heavy (non-hydrogen) atoms. The van der Waals surface area contributed by atoms with E-state index < -0.39 is 0 Å². The Kier molecular flexibility index (Phi) is 1.65. The van der Waals surface area contributed by atoms with E-state index in [0.717, 1.165) is 22.8 Å². The van der Waals surface area contributed by atoms with Crippen molar-refractivity contribution in [3.05, 3.63) is 11.9 Å². The Hall–Kier alpha value is -0.480. The largest absolute Gasteiger partial charge is 0.387 e. The highest BCUT2D eigenvalue weighted by Crippen LogP contribution is 2.35. The molecular weight excluding hydrogens is 160 g/mol. The van der Waals surface area contributed by atoms with Gasteiger partial charge in [0.15, 0.2) is 0 Å². The summed E-state index contributed by atoms with van der Waals surface area (Å²) in [4.78, 5) is 1.13. The van der Waals surface area contributed by atoms with Crippen LogP contribution in [0.1, 0.15) is 18.2 Å². The maximum Gasteiger partial charge on any atom is 0.0975 e. The number of hydrogen-bond acceptors (Lipinski definition) is 3. The smallest absolute Gasteiger partial charge is 0.0975 e. The molecule has 0 bridgehead atoms. The predicted octanol–water partition coefficient (Wildman–Crippen LogP) is 0.949. The Bertz CT molecular complexity index is 271. The summed E-state index contributed by atoms with van der Waals surface area (Å²) in [5.74, 6) is 1.000. The summed E-state index contributed by atoms with van der Waals surface area (Å²) in [6.45, 7) is 0. The Morgan fingerprint density at radius 2 is 2.64 bits per heavy atom. The summed E-state index contributed by atoms with van der Waals surface area (Å²) in [6.07, 6.45) is 2.36. The molecule has 0 saturated carbocycles. The van der Waals surface area contributed by atoms with Crippen molar-refractivity contribution in [2.75, 3.05) is 5.75 Å². The fraction of sp³-hybridized carbons (Fsp3) is 0.571. The molecule has 0 saturated heterocycles. The van der Waals surface area contributed by atoms with E-state index in [1.54, 1.807) is 16.4 Å². The Balaban J connectivity index is 2.48. The first-order valence-electron chi connectivity index (χ1n) is 3.62. The summed E-state index contributed by atoms with van der Waals surface area (Å²) < 4.78 is 1.76. The van der Waals surface area contributed by atoms with Crippen LogP contribution in [-0.4, -0.2) is 20.6 Å². The standard InChI is InChI=1S/C7H10N2OS/c1-9-7-5(10)2-3-11-6(7)4-8-9/h4-5,10H,2-3H2,1H3/t5-/m0/s1. The maximum atomic E-state index is 9.56. The van der Waals surface area contributed by atoms with E-state index in [4.69, 9.17) is 0 Å². The van der Waals surface area contributed by atoms with Gasteiger partial charge in [0.05, 0.1) is 22.9 Å². The fourth-order valence-corrected chi connectivity index (χ4v) is 2.43. The van der Waals surface area contributed by atoms with E-state index in [1.165, 1.54) is 0 Å². The van der Waals surface area contributed by atoms with Crippen LogP contribution >= 0.6 is 11.8 Å². The molecule has 1 atom stereocenters. The van der Waals surface area contributed by atoms with Crippen LogP contribution in [0.5, 0.6) is 0 Å². The molecule has 0 spiro atoms. The van der Waals surface area contributed by atoms with E-state index in [-0.39, 0.29) is 6.10 Å². The molecule has 4 heteroatoms. The van der Waals surface area contributed by atoms with E-state index in [1.807, 2.05) is 13.2 Å². The minimum absolute atomic E-state index is 0.307. The van der Waals surface area contributed by atoms with Gasteiger partial charge in [-0.2, -0.15) is 5.10 Å². The summed E-state index contributed by atoms with van der Waals surface area (Å²) in [6, 6.07) is 0. The van der Waals surface area contributed by atoms with Crippen LogP contribution in [0.4, 0.5) is 0 Å². The normalized spacial score (nSPS) is 23.3. The van der Waals surface area contributed by atoms with Crippen molar-refractivity contribution in [3.63, 3.8) is 0 Å². The quantitative estimate of drug-likeness (QED) is 0.630. The number of thioether (sulfide) groups is 1. The number of aliphatic hydroxyl groups is 1. The highest BCUT2D eigenvalue weighted by atomic mass is 32.2. The number of nitrogens with zero attached hydrogens (tertiary/aromatic N) is 2. The third kappa shape index (κ3) is 1.06. The second-order valence-electron chi connectivity index (χ2n) is 2.67. The van der Waals surface area contributed by atoms with Gasteiger partial charge in [-0.3, -0.25) is 4.68 Å². The second-order valence-corrected chi connectivity index (χ2v) is 3.81. The Morgan fingerprint density at radius 3 is 3.36 bits per heavy atom. The molecule has 0 aliphatic carbocycles. The van der Waals surface area contributed by atoms with Gasteiger partial charge in [0.2, 0.25) is 0 Å². The predicted molar refractivity (Wildman–Crippen MR) is 43.5 cm³/mol. The highest BCUT2D eigenvalue weighted by molar-refractivity contribution is 7.99. The van der Waals surface area contributed by atoms with Crippen LogP contribution in [0.25, 0.3) is 0 Å². The molecule has 1 N–H and O–H groups in total. The molecule has 60 valence electrons. The van der Waals surface area contributed by atoms with Crippen LogP contribution in [0.2, 0.25) is 0 Å². The van der Waals surface area contributed by atoms with Crippen molar-refractivity contribution in [1.82, 2.24) is 9.78 Å². The molecule has 1 aromatic heterocycles. The first-order valence-corrected chi connectivity index (χ1v) is 4.60. The zero-order chi connectivity index (χ0) is 7.84. The lowest BCUT2D eigenvalue weighted by molar-refractivity contribution is 0.160. The Morgan fingerprint density at radius 1 is 1.82 bits per heavy atom. The molecule has 1 aliphatic rings. The molecule has 0 amide bonds. The topological polar surface area (TPSA) is 38.0 Å². The van der Waals surface area contributed by atoms with Gasteiger partial charge in [0.25, 0.3) is 0 Å². The lowest BCUT2D eigenvalue weighted by Crippen LogP contribution is -2.10. The molecule has 0 unspecified atom stereocenters. The summed E-state index contributed by atoms with van der Waals surface area (Å²) in [7, 11) is 1.87. The van der Waals surface area contributed by atoms with Crippen LogP contribution in [0.15, 0.2) is 11.1 Å². The van der Waals surface area contributed by atoms with Crippen LogP contribution in [0.3, 0.4) is 0 Å². The van der Waals surface area contributed by atoms with Crippen molar-refractivity contribution in [2.24, 2.45) is 7.05 Å². The first kappa shape index (κ1) is 7.18. The van der Waals surface area contributed by atoms with Gasteiger partial charge >= 0.3 is 0 Å². The second kappa shape index (κ2) is 2.53. The van der Waals surface area contributed by atoms with Crippen LogP contribution in [-0.2, 0) is 7.05 Å². The SMILES string of the molecule is Cn1ncc2c1[C@@H](O)CCS2. The van der Waals surface area contributed by atoms with E-state index in [9.17, 15) is 5.11 Å². The average molecular weight is 170 g/mol. The van der Waals surface area contributed by atoms with Gasteiger partial charge in [-0.05, 0) is 6.42 Å². The lowest BCUT2D eigenvalue weighted by atomic mass is 10.2. The van der Waals surface area contributed by atoms with E-state index in [2.05, 4.69) is 5.10 Å². The first-order chi connectivity index (χ1) is 5.29. The number of fused-ring (bicyclic) bond motifs is 1. The van der Waals surface area contributed by atoms with Crippen molar-refractivity contribution in [2.45, 2.75) is 17.4 Å². The molecule has 0 aromatic carbocycles. The summed E-state index contributed by atoms with van der Waals surface area (Å²) in [5.41, 5.74) is 0.973. The van der Waals surface area contributed by atoms with Crippen LogP contribution in [0, 0.1) is 0 Å². The summed E-state index contributed by atoms with van der Waals surface area (Å²) >= 11 is 1.77. The van der Waals surface area contributed by atoms with Gasteiger partial charge in [-0.1, -0.05) is 0 Å². The molecule has 2 rings (SSSR count). The van der Waals surface area contributed by atoms with Crippen molar-refractivity contribution in [1.29, 1.82) is 0 Å². The average Bonchev–Trinajstić information content (AvgIpc) is 2.34. The van der Waals surface area contributed by atoms with E-state index in [0.29, 0.717) is 0 Å². The van der Waals surface area contributed by atoms with Gasteiger partial charge in [0, 0.05) is 12.8 Å². The van der Waals surface area contributed by atoms with Gasteiger partial charge in [0.1, 0.15) is 0 Å².